The summed E-state index contributed by atoms with van der Waals surface area (Å²) in [5.41, 5.74) is 2.99. The van der Waals surface area contributed by atoms with Gasteiger partial charge in [-0.15, -0.1) is 0 Å². The second-order valence-electron chi connectivity index (χ2n) is 7.29. The first kappa shape index (κ1) is 18.6. The third kappa shape index (κ3) is 4.15. The molecule has 2 aromatic rings. The van der Waals surface area contributed by atoms with Gasteiger partial charge in [-0.05, 0) is 37.1 Å². The maximum atomic E-state index is 12.6. The second-order valence-corrected chi connectivity index (χ2v) is 7.29. The molecule has 1 fully saturated rings. The van der Waals surface area contributed by atoms with E-state index in [1.54, 1.807) is 0 Å². The van der Waals surface area contributed by atoms with Crippen molar-refractivity contribution in [2.75, 3.05) is 32.7 Å². The first-order valence-corrected chi connectivity index (χ1v) is 9.54. The van der Waals surface area contributed by atoms with Crippen LogP contribution >= 0.6 is 0 Å². The van der Waals surface area contributed by atoms with Crippen molar-refractivity contribution in [2.24, 2.45) is 0 Å². The van der Waals surface area contributed by atoms with E-state index in [1.165, 1.54) is 5.56 Å². The fraction of sp³-hybridized carbons (Fsp3) is 0.524. The smallest absolute Gasteiger partial charge is 0.228 e. The zero-order chi connectivity index (χ0) is 18.7. The Balaban J connectivity index is 1.67. The third-order valence-corrected chi connectivity index (χ3v) is 5.21. The van der Waals surface area contributed by atoms with Gasteiger partial charge in [0.25, 0.3) is 0 Å². The van der Waals surface area contributed by atoms with E-state index in [4.69, 9.17) is 4.42 Å². The second kappa shape index (κ2) is 8.04. The minimum atomic E-state index is 0.138. The zero-order valence-electron chi connectivity index (χ0n) is 16.3. The zero-order valence-corrected chi connectivity index (χ0v) is 16.3. The third-order valence-electron chi connectivity index (χ3n) is 5.21. The van der Waals surface area contributed by atoms with Gasteiger partial charge in [0.15, 0.2) is 0 Å². The molecule has 26 heavy (non-hydrogen) atoms. The Bertz CT molecular complexity index is 741. The number of rotatable bonds is 5. The van der Waals surface area contributed by atoms with Crippen LogP contribution in [-0.2, 0) is 11.2 Å². The van der Waals surface area contributed by atoms with Crippen LogP contribution in [0, 0.1) is 6.92 Å². The molecule has 5 heteroatoms. The molecular formula is C21H29N3O2. The highest BCUT2D eigenvalue weighted by Gasteiger charge is 2.22. The summed E-state index contributed by atoms with van der Waals surface area (Å²) in [6.45, 7) is 12.9. The highest BCUT2D eigenvalue weighted by molar-refractivity contribution is 5.78. The van der Waals surface area contributed by atoms with Crippen LogP contribution in [0.5, 0.6) is 0 Å². The van der Waals surface area contributed by atoms with E-state index < -0.39 is 0 Å². The molecular weight excluding hydrogens is 326 g/mol. The number of benzene rings is 1. The molecule has 5 nitrogen and oxygen atoms in total. The van der Waals surface area contributed by atoms with Crippen LogP contribution < -0.4 is 0 Å². The molecule has 140 valence electrons. The Labute approximate surface area is 156 Å². The van der Waals surface area contributed by atoms with Crippen molar-refractivity contribution in [1.82, 2.24) is 14.8 Å². The number of carbonyl (C=O) groups is 1. The average Bonchev–Trinajstić information content (AvgIpc) is 3.02. The van der Waals surface area contributed by atoms with Gasteiger partial charge in [-0.1, -0.05) is 32.9 Å². The molecule has 0 unspecified atom stereocenters. The van der Waals surface area contributed by atoms with Crippen LogP contribution in [0.1, 0.15) is 43.7 Å². The Hall–Kier alpha value is -2.14. The monoisotopic (exact) mass is 355 g/mol. The van der Waals surface area contributed by atoms with Crippen molar-refractivity contribution >= 4 is 5.91 Å². The number of aromatic nitrogens is 1. The van der Waals surface area contributed by atoms with Crippen molar-refractivity contribution < 1.29 is 9.21 Å². The lowest BCUT2D eigenvalue weighted by Gasteiger charge is -2.34. The van der Waals surface area contributed by atoms with Crippen LogP contribution in [-0.4, -0.2) is 53.4 Å². The van der Waals surface area contributed by atoms with E-state index in [2.05, 4.69) is 42.8 Å². The van der Waals surface area contributed by atoms with E-state index in [9.17, 15) is 4.79 Å². The first-order chi connectivity index (χ1) is 12.5. The van der Waals surface area contributed by atoms with Crippen LogP contribution in [0.3, 0.4) is 0 Å². The lowest BCUT2D eigenvalue weighted by Crippen LogP contribution is -2.48. The maximum Gasteiger partial charge on any atom is 0.228 e. The quantitative estimate of drug-likeness (QED) is 0.824. The van der Waals surface area contributed by atoms with E-state index in [0.29, 0.717) is 18.2 Å². The number of hydrogen-bond acceptors (Lipinski definition) is 4. The normalized spacial score (nSPS) is 15.7. The molecule has 0 saturated carbocycles. The number of amides is 1. The predicted molar refractivity (Wildman–Crippen MR) is 103 cm³/mol. The molecule has 1 aromatic carbocycles. The van der Waals surface area contributed by atoms with Gasteiger partial charge in [-0.2, -0.15) is 0 Å². The van der Waals surface area contributed by atoms with Gasteiger partial charge in [0, 0.05) is 31.7 Å². The van der Waals surface area contributed by atoms with E-state index in [-0.39, 0.29) is 5.91 Å². The summed E-state index contributed by atoms with van der Waals surface area (Å²) in [6, 6.07) is 8.29. The molecule has 0 atom stereocenters. The SMILES string of the molecule is CCN1CCN(C(=O)Cc2nc(-c3ccc(C(C)C)cc3)oc2C)CC1. The fourth-order valence-electron chi connectivity index (χ4n) is 3.29. The number of aryl methyl sites for hydroxylation is 1. The van der Waals surface area contributed by atoms with Crippen molar-refractivity contribution in [3.8, 4) is 11.5 Å². The molecule has 1 amide bonds. The molecule has 0 aliphatic carbocycles. The van der Waals surface area contributed by atoms with Gasteiger partial charge in [0.05, 0.1) is 12.1 Å². The van der Waals surface area contributed by atoms with Gasteiger partial charge < -0.3 is 14.2 Å². The van der Waals surface area contributed by atoms with Crippen LogP contribution in [0.2, 0.25) is 0 Å². The van der Waals surface area contributed by atoms with Crippen LogP contribution in [0.15, 0.2) is 28.7 Å². The number of carbonyl (C=O) groups excluding carboxylic acids is 1. The van der Waals surface area contributed by atoms with Crippen molar-refractivity contribution in [2.45, 2.75) is 40.0 Å². The van der Waals surface area contributed by atoms with Crippen molar-refractivity contribution in [3.05, 3.63) is 41.3 Å². The predicted octanol–water partition coefficient (Wildman–Crippen LogP) is 3.48. The first-order valence-electron chi connectivity index (χ1n) is 9.54. The van der Waals surface area contributed by atoms with E-state index >= 15 is 0 Å². The van der Waals surface area contributed by atoms with Gasteiger partial charge in [-0.3, -0.25) is 4.79 Å². The number of hydrogen-bond donors (Lipinski definition) is 0. The molecule has 0 spiro atoms. The molecule has 1 saturated heterocycles. The highest BCUT2D eigenvalue weighted by atomic mass is 16.4. The minimum Gasteiger partial charge on any atom is -0.441 e. The Morgan fingerprint density at radius 2 is 1.81 bits per heavy atom. The number of piperazine rings is 1. The summed E-state index contributed by atoms with van der Waals surface area (Å²) >= 11 is 0. The number of oxazole rings is 1. The van der Waals surface area contributed by atoms with Crippen molar-refractivity contribution in [1.29, 1.82) is 0 Å². The number of nitrogens with zero attached hydrogens (tertiary/aromatic N) is 3. The topological polar surface area (TPSA) is 49.6 Å². The highest BCUT2D eigenvalue weighted by Crippen LogP contribution is 2.24. The van der Waals surface area contributed by atoms with Crippen LogP contribution in [0.4, 0.5) is 0 Å². The van der Waals surface area contributed by atoms with E-state index in [1.807, 2.05) is 24.0 Å². The summed E-state index contributed by atoms with van der Waals surface area (Å²) in [6.07, 6.45) is 0.311. The average molecular weight is 355 g/mol. The van der Waals surface area contributed by atoms with Gasteiger partial charge >= 0.3 is 0 Å². The molecule has 0 N–H and O–H groups in total. The maximum absolute atomic E-state index is 12.6. The Kier molecular flexibility index (Phi) is 5.77. The lowest BCUT2D eigenvalue weighted by molar-refractivity contribution is -0.132. The molecule has 0 radical (unpaired) electrons. The summed E-state index contributed by atoms with van der Waals surface area (Å²) < 4.78 is 5.83. The Morgan fingerprint density at radius 1 is 1.15 bits per heavy atom. The molecule has 2 heterocycles. The summed E-state index contributed by atoms with van der Waals surface area (Å²) in [5, 5.41) is 0. The van der Waals surface area contributed by atoms with Crippen LogP contribution in [0.25, 0.3) is 11.5 Å². The number of likely N-dealkylation sites (N-methyl/N-ethyl adjacent to an activating group) is 1. The summed E-state index contributed by atoms with van der Waals surface area (Å²) in [7, 11) is 0. The molecule has 3 rings (SSSR count). The lowest BCUT2D eigenvalue weighted by atomic mass is 10.0. The molecule has 1 aromatic heterocycles. The summed E-state index contributed by atoms with van der Waals surface area (Å²) in [4.78, 5) is 21.5. The van der Waals surface area contributed by atoms with E-state index in [0.717, 1.165) is 49.7 Å². The molecule has 1 aliphatic rings. The van der Waals surface area contributed by atoms with Gasteiger partial charge in [0.1, 0.15) is 5.76 Å². The standard InChI is InChI=1S/C21H29N3O2/c1-5-23-10-12-24(13-11-23)20(25)14-19-16(4)26-21(22-19)18-8-6-17(7-9-18)15(2)3/h6-9,15H,5,10-14H2,1-4H3. The Morgan fingerprint density at radius 3 is 2.38 bits per heavy atom. The molecule has 0 bridgehead atoms. The minimum absolute atomic E-state index is 0.138. The molecule has 1 aliphatic heterocycles. The van der Waals surface area contributed by atoms with Gasteiger partial charge in [0.2, 0.25) is 11.8 Å². The summed E-state index contributed by atoms with van der Waals surface area (Å²) in [5.74, 6) is 1.96. The van der Waals surface area contributed by atoms with Crippen molar-refractivity contribution in [3.63, 3.8) is 0 Å². The van der Waals surface area contributed by atoms with Gasteiger partial charge in [-0.25, -0.2) is 4.98 Å². The fourth-order valence-corrected chi connectivity index (χ4v) is 3.29. The largest absolute Gasteiger partial charge is 0.441 e.